The lowest BCUT2D eigenvalue weighted by Crippen LogP contribution is -2.14. The van der Waals surface area contributed by atoms with Crippen molar-refractivity contribution < 1.29 is 10.2 Å². The van der Waals surface area contributed by atoms with Gasteiger partial charge in [0, 0.05) is 10.6 Å². The molecular formula is C18H24O2S. The second-order valence-electron chi connectivity index (χ2n) is 5.92. The van der Waals surface area contributed by atoms with Gasteiger partial charge in [-0.15, -0.1) is 11.8 Å². The van der Waals surface area contributed by atoms with E-state index >= 15 is 0 Å². The molecule has 2 aliphatic rings. The third-order valence-electron chi connectivity index (χ3n) is 3.91. The van der Waals surface area contributed by atoms with Gasteiger partial charge in [-0.25, -0.2) is 0 Å². The summed E-state index contributed by atoms with van der Waals surface area (Å²) in [7, 11) is 0. The maximum Gasteiger partial charge on any atom is 0.0864 e. The van der Waals surface area contributed by atoms with E-state index in [1.807, 2.05) is 0 Å². The number of thioether (sulfide) groups is 1. The standard InChI is InChI=1S/C18H24O2S/c1-11(2)14-6-5-12(3)16-8-18(13(4)17(16)7-14)21-10-15(20)9-19/h5-8,11,15,19-20H,9-10H2,1-4H3. The fraction of sp³-hybridized carbons (Fsp3) is 0.444. The molecule has 0 saturated carbocycles. The van der Waals surface area contributed by atoms with E-state index < -0.39 is 6.10 Å². The van der Waals surface area contributed by atoms with Gasteiger partial charge in [-0.3, -0.25) is 0 Å². The minimum atomic E-state index is -0.657. The van der Waals surface area contributed by atoms with Crippen LogP contribution in [0.4, 0.5) is 0 Å². The minimum absolute atomic E-state index is 0.183. The lowest BCUT2D eigenvalue weighted by Gasteiger charge is -2.06. The quantitative estimate of drug-likeness (QED) is 0.821. The summed E-state index contributed by atoms with van der Waals surface area (Å²) < 4.78 is 0. The SMILES string of the molecule is Cc1ccc(C(C)C)cc2c(C)c(SCC(O)CO)cc1-2. The van der Waals surface area contributed by atoms with E-state index in [4.69, 9.17) is 5.11 Å². The molecule has 0 aromatic rings. The molecular weight excluding hydrogens is 280 g/mol. The van der Waals surface area contributed by atoms with Crippen LogP contribution >= 0.6 is 11.8 Å². The number of aliphatic hydroxyl groups is 2. The number of hydrogen-bond acceptors (Lipinski definition) is 3. The van der Waals surface area contributed by atoms with Gasteiger partial charge in [-0.2, -0.15) is 0 Å². The topological polar surface area (TPSA) is 40.5 Å². The van der Waals surface area contributed by atoms with Gasteiger partial charge < -0.3 is 10.2 Å². The predicted molar refractivity (Wildman–Crippen MR) is 90.4 cm³/mol. The number of hydrogen-bond donors (Lipinski definition) is 2. The Morgan fingerprint density at radius 1 is 1.10 bits per heavy atom. The van der Waals surface area contributed by atoms with Crippen molar-refractivity contribution >= 4 is 11.8 Å². The predicted octanol–water partition coefficient (Wildman–Crippen LogP) is 3.98. The van der Waals surface area contributed by atoms with E-state index in [0.717, 1.165) is 0 Å². The number of fused-ring (bicyclic) bond motifs is 1. The molecule has 3 heteroatoms. The van der Waals surface area contributed by atoms with Crippen LogP contribution in [-0.4, -0.2) is 28.7 Å². The zero-order valence-corrected chi connectivity index (χ0v) is 14.0. The normalized spacial score (nSPS) is 13.1. The molecule has 0 heterocycles. The molecule has 2 aliphatic carbocycles. The summed E-state index contributed by atoms with van der Waals surface area (Å²) in [5.41, 5.74) is 6.45. The molecule has 0 spiro atoms. The maximum atomic E-state index is 9.53. The van der Waals surface area contributed by atoms with Crippen molar-refractivity contribution in [1.82, 2.24) is 0 Å². The molecule has 0 amide bonds. The Kier molecular flexibility index (Phi) is 5.31. The van der Waals surface area contributed by atoms with Crippen LogP contribution < -0.4 is 0 Å². The number of aliphatic hydroxyl groups excluding tert-OH is 2. The molecule has 0 aromatic carbocycles. The highest BCUT2D eigenvalue weighted by atomic mass is 32.2. The van der Waals surface area contributed by atoms with E-state index in [-0.39, 0.29) is 6.61 Å². The molecule has 0 saturated heterocycles. The average Bonchev–Trinajstić information content (AvgIpc) is 2.66. The zero-order valence-electron chi connectivity index (χ0n) is 13.2. The summed E-state index contributed by atoms with van der Waals surface area (Å²) in [5.74, 6) is 1.03. The summed E-state index contributed by atoms with van der Waals surface area (Å²) in [6.07, 6.45) is -0.657. The first-order chi connectivity index (χ1) is 9.93. The first-order valence-electron chi connectivity index (χ1n) is 7.39. The summed E-state index contributed by atoms with van der Waals surface area (Å²) in [6, 6.07) is 8.89. The summed E-state index contributed by atoms with van der Waals surface area (Å²) in [6.45, 7) is 8.52. The fourth-order valence-electron chi connectivity index (χ4n) is 2.44. The Labute approximate surface area is 131 Å². The van der Waals surface area contributed by atoms with Crippen molar-refractivity contribution in [3.8, 4) is 11.1 Å². The summed E-state index contributed by atoms with van der Waals surface area (Å²) >= 11 is 1.62. The monoisotopic (exact) mass is 304 g/mol. The van der Waals surface area contributed by atoms with E-state index in [9.17, 15) is 5.11 Å². The van der Waals surface area contributed by atoms with Crippen molar-refractivity contribution in [2.45, 2.75) is 44.6 Å². The van der Waals surface area contributed by atoms with Crippen LogP contribution in [0.25, 0.3) is 11.1 Å². The lowest BCUT2D eigenvalue weighted by molar-refractivity contribution is 0.113. The smallest absolute Gasteiger partial charge is 0.0864 e. The van der Waals surface area contributed by atoms with Crippen molar-refractivity contribution in [3.05, 3.63) is 41.0 Å². The van der Waals surface area contributed by atoms with Crippen molar-refractivity contribution in [3.63, 3.8) is 0 Å². The molecule has 2 rings (SSSR count). The van der Waals surface area contributed by atoms with Crippen molar-refractivity contribution in [1.29, 1.82) is 0 Å². The lowest BCUT2D eigenvalue weighted by atomic mass is 10.0. The first kappa shape index (κ1) is 16.3. The van der Waals surface area contributed by atoms with Gasteiger partial charge >= 0.3 is 0 Å². The molecule has 0 aliphatic heterocycles. The van der Waals surface area contributed by atoms with Crippen LogP contribution in [0, 0.1) is 13.8 Å². The first-order valence-corrected chi connectivity index (χ1v) is 8.38. The maximum absolute atomic E-state index is 9.53. The molecule has 1 unspecified atom stereocenters. The Morgan fingerprint density at radius 3 is 2.43 bits per heavy atom. The third-order valence-corrected chi connectivity index (χ3v) is 5.20. The minimum Gasteiger partial charge on any atom is -0.394 e. The van der Waals surface area contributed by atoms with E-state index in [0.29, 0.717) is 11.7 Å². The Hall–Kier alpha value is -1.03. The van der Waals surface area contributed by atoms with Gasteiger partial charge in [-0.05, 0) is 53.6 Å². The fourth-order valence-corrected chi connectivity index (χ4v) is 3.44. The highest BCUT2D eigenvalue weighted by Crippen LogP contribution is 2.39. The summed E-state index contributed by atoms with van der Waals surface area (Å²) in [4.78, 5) is 1.20. The second kappa shape index (κ2) is 6.82. The molecule has 1 atom stereocenters. The van der Waals surface area contributed by atoms with E-state index in [1.165, 1.54) is 32.7 Å². The molecule has 21 heavy (non-hydrogen) atoms. The molecule has 0 fully saturated rings. The van der Waals surface area contributed by atoms with Crippen LogP contribution in [0.3, 0.4) is 0 Å². The second-order valence-corrected chi connectivity index (χ2v) is 6.99. The van der Waals surface area contributed by atoms with Gasteiger partial charge in [-0.1, -0.05) is 32.0 Å². The van der Waals surface area contributed by atoms with Gasteiger partial charge in [0.05, 0.1) is 12.7 Å². The molecule has 0 bridgehead atoms. The molecule has 0 aromatic heterocycles. The Morgan fingerprint density at radius 2 is 1.81 bits per heavy atom. The molecule has 0 radical (unpaired) electrons. The van der Waals surface area contributed by atoms with Crippen LogP contribution in [0.1, 0.15) is 36.5 Å². The number of aryl methyl sites for hydroxylation is 1. The van der Waals surface area contributed by atoms with Gasteiger partial charge in [0.1, 0.15) is 0 Å². The average molecular weight is 304 g/mol. The largest absolute Gasteiger partial charge is 0.394 e. The zero-order chi connectivity index (χ0) is 15.6. The molecule has 2 nitrogen and oxygen atoms in total. The van der Waals surface area contributed by atoms with Gasteiger partial charge in [0.15, 0.2) is 0 Å². The molecule has 2 N–H and O–H groups in total. The van der Waals surface area contributed by atoms with Crippen LogP contribution in [0.2, 0.25) is 0 Å². The van der Waals surface area contributed by atoms with Crippen LogP contribution in [0.5, 0.6) is 0 Å². The summed E-state index contributed by atoms with van der Waals surface area (Å²) in [5, 5.41) is 18.5. The Balaban J connectivity index is 2.44. The highest BCUT2D eigenvalue weighted by Gasteiger charge is 2.16. The highest BCUT2D eigenvalue weighted by molar-refractivity contribution is 7.99. The third kappa shape index (κ3) is 3.60. The molecule has 114 valence electrons. The van der Waals surface area contributed by atoms with Crippen molar-refractivity contribution in [2.24, 2.45) is 0 Å². The van der Waals surface area contributed by atoms with Gasteiger partial charge in [0.25, 0.3) is 0 Å². The van der Waals surface area contributed by atoms with Crippen LogP contribution in [-0.2, 0) is 0 Å². The van der Waals surface area contributed by atoms with E-state index in [2.05, 4.69) is 52.0 Å². The van der Waals surface area contributed by atoms with Crippen LogP contribution in [0.15, 0.2) is 29.2 Å². The van der Waals surface area contributed by atoms with Crippen molar-refractivity contribution in [2.75, 3.05) is 12.4 Å². The van der Waals surface area contributed by atoms with E-state index in [1.54, 1.807) is 11.8 Å². The number of rotatable bonds is 5. The van der Waals surface area contributed by atoms with Gasteiger partial charge in [0.2, 0.25) is 0 Å². The Bertz CT molecular complexity index is 592.